The molecule has 0 aromatic heterocycles. The molecule has 1 unspecified atom stereocenters. The van der Waals surface area contributed by atoms with Gasteiger partial charge in [0.25, 0.3) is 0 Å². The van der Waals surface area contributed by atoms with Crippen LogP contribution in [0, 0.1) is 11.8 Å². The fourth-order valence-corrected chi connectivity index (χ4v) is 0.969. The molecule has 1 nitrogen and oxygen atoms in total. The van der Waals surface area contributed by atoms with Crippen LogP contribution in [0.3, 0.4) is 0 Å². The van der Waals surface area contributed by atoms with E-state index < -0.39 is 6.10 Å². The highest BCUT2D eigenvalue weighted by Crippen LogP contribution is 1.98. The van der Waals surface area contributed by atoms with E-state index in [1.165, 1.54) is 5.56 Å². The molecule has 68 valence electrons. The summed E-state index contributed by atoms with van der Waals surface area (Å²) >= 11 is 0. The third-order valence-electron chi connectivity index (χ3n) is 1.79. The van der Waals surface area contributed by atoms with Crippen molar-refractivity contribution in [2.75, 3.05) is 0 Å². The molecule has 0 aliphatic carbocycles. The minimum atomic E-state index is -0.469. The Morgan fingerprint density at radius 3 is 2.62 bits per heavy atom. The molecule has 0 aliphatic heterocycles. The normalized spacial score (nSPS) is 11.5. The minimum Gasteiger partial charge on any atom is -0.380 e. The van der Waals surface area contributed by atoms with Crippen LogP contribution in [0.2, 0.25) is 0 Å². The quantitative estimate of drug-likeness (QED) is 0.680. The Bertz CT molecular complexity index is 292. The summed E-state index contributed by atoms with van der Waals surface area (Å²) in [6.45, 7) is 1.92. The van der Waals surface area contributed by atoms with E-state index in [2.05, 4.69) is 11.8 Å². The number of hydrogen-bond acceptors (Lipinski definition) is 1. The van der Waals surface area contributed by atoms with E-state index in [-0.39, 0.29) is 0 Å². The molecule has 0 bridgehead atoms. The maximum Gasteiger partial charge on any atom is 0.114 e. The Hall–Kier alpha value is -1.26. The smallest absolute Gasteiger partial charge is 0.114 e. The Kier molecular flexibility index (Phi) is 4.08. The molecule has 0 fully saturated rings. The van der Waals surface area contributed by atoms with Crippen LogP contribution in [0.25, 0.3) is 0 Å². The van der Waals surface area contributed by atoms with Crippen LogP contribution in [0.15, 0.2) is 30.3 Å². The summed E-state index contributed by atoms with van der Waals surface area (Å²) in [5, 5.41) is 9.16. The zero-order chi connectivity index (χ0) is 9.52. The van der Waals surface area contributed by atoms with Gasteiger partial charge < -0.3 is 5.11 Å². The summed E-state index contributed by atoms with van der Waals surface area (Å²) in [6, 6.07) is 10.0. The van der Waals surface area contributed by atoms with Crippen LogP contribution >= 0.6 is 0 Å². The summed E-state index contributed by atoms with van der Waals surface area (Å²) in [5.41, 5.74) is 1.19. The summed E-state index contributed by atoms with van der Waals surface area (Å²) in [7, 11) is 0. The number of benzene rings is 1. The van der Waals surface area contributed by atoms with E-state index in [4.69, 9.17) is 5.11 Å². The highest BCUT2D eigenvalue weighted by atomic mass is 16.3. The first-order valence-corrected chi connectivity index (χ1v) is 4.53. The lowest BCUT2D eigenvalue weighted by Crippen LogP contribution is -1.98. The van der Waals surface area contributed by atoms with Crippen molar-refractivity contribution in [1.29, 1.82) is 0 Å². The van der Waals surface area contributed by atoms with E-state index in [1.807, 2.05) is 37.3 Å². The molecule has 0 radical (unpaired) electrons. The second-order valence-corrected chi connectivity index (χ2v) is 2.91. The molecule has 1 aromatic rings. The molecular weight excluding hydrogens is 160 g/mol. The lowest BCUT2D eigenvalue weighted by Gasteiger charge is -1.95. The predicted octanol–water partition coefficient (Wildman–Crippen LogP) is 2.00. The molecule has 1 atom stereocenters. The highest BCUT2D eigenvalue weighted by molar-refractivity contribution is 5.21. The Morgan fingerprint density at radius 2 is 2.00 bits per heavy atom. The summed E-state index contributed by atoms with van der Waals surface area (Å²) in [5.74, 6) is 5.74. The molecule has 0 amide bonds. The lowest BCUT2D eigenvalue weighted by molar-refractivity contribution is 0.228. The van der Waals surface area contributed by atoms with Crippen molar-refractivity contribution in [3.05, 3.63) is 35.9 Å². The molecule has 1 N–H and O–H groups in total. The zero-order valence-corrected chi connectivity index (χ0v) is 7.83. The number of rotatable bonds is 2. The molecule has 0 heterocycles. The summed E-state index contributed by atoms with van der Waals surface area (Å²) in [4.78, 5) is 0. The SMILES string of the molecule is CCC(O)C#CCc1ccccc1. The molecule has 0 saturated carbocycles. The van der Waals surface area contributed by atoms with E-state index in [9.17, 15) is 0 Å². The largest absolute Gasteiger partial charge is 0.380 e. The standard InChI is InChI=1S/C12H14O/c1-2-12(13)10-6-9-11-7-4-3-5-8-11/h3-5,7-8,12-13H,2,9H2,1H3. The van der Waals surface area contributed by atoms with E-state index in [0.29, 0.717) is 6.42 Å². The van der Waals surface area contributed by atoms with Crippen LogP contribution in [-0.4, -0.2) is 11.2 Å². The van der Waals surface area contributed by atoms with Crippen molar-refractivity contribution in [1.82, 2.24) is 0 Å². The number of aliphatic hydroxyl groups excluding tert-OH is 1. The van der Waals surface area contributed by atoms with Crippen LogP contribution in [0.5, 0.6) is 0 Å². The van der Waals surface area contributed by atoms with Crippen molar-refractivity contribution < 1.29 is 5.11 Å². The first-order chi connectivity index (χ1) is 6.33. The Morgan fingerprint density at radius 1 is 1.31 bits per heavy atom. The average Bonchev–Trinajstić information content (AvgIpc) is 2.19. The van der Waals surface area contributed by atoms with Crippen LogP contribution < -0.4 is 0 Å². The average molecular weight is 174 g/mol. The predicted molar refractivity (Wildman–Crippen MR) is 54.2 cm³/mol. The van der Waals surface area contributed by atoms with E-state index in [1.54, 1.807) is 0 Å². The van der Waals surface area contributed by atoms with Gasteiger partial charge in [0, 0.05) is 6.42 Å². The maximum atomic E-state index is 9.16. The van der Waals surface area contributed by atoms with E-state index in [0.717, 1.165) is 6.42 Å². The van der Waals surface area contributed by atoms with E-state index >= 15 is 0 Å². The van der Waals surface area contributed by atoms with Crippen LogP contribution in [0.1, 0.15) is 18.9 Å². The van der Waals surface area contributed by atoms with Gasteiger partial charge in [0.15, 0.2) is 0 Å². The second kappa shape index (κ2) is 5.40. The van der Waals surface area contributed by atoms with Gasteiger partial charge in [-0.05, 0) is 12.0 Å². The fourth-order valence-electron chi connectivity index (χ4n) is 0.969. The molecule has 0 saturated heterocycles. The number of aliphatic hydroxyl groups is 1. The van der Waals surface area contributed by atoms with Crippen molar-refractivity contribution in [3.63, 3.8) is 0 Å². The van der Waals surface area contributed by atoms with Gasteiger partial charge in [0.2, 0.25) is 0 Å². The lowest BCUT2D eigenvalue weighted by atomic mass is 10.1. The Labute approximate surface area is 79.4 Å². The van der Waals surface area contributed by atoms with Crippen molar-refractivity contribution in [3.8, 4) is 11.8 Å². The fraction of sp³-hybridized carbons (Fsp3) is 0.333. The monoisotopic (exact) mass is 174 g/mol. The van der Waals surface area contributed by atoms with Gasteiger partial charge in [0.1, 0.15) is 6.10 Å². The molecule has 1 aromatic carbocycles. The van der Waals surface area contributed by atoms with Gasteiger partial charge in [0.05, 0.1) is 0 Å². The van der Waals surface area contributed by atoms with Crippen molar-refractivity contribution in [2.24, 2.45) is 0 Å². The summed E-state index contributed by atoms with van der Waals surface area (Å²) in [6.07, 6.45) is 0.948. The third-order valence-corrected chi connectivity index (χ3v) is 1.79. The third kappa shape index (κ3) is 3.78. The molecule has 0 aliphatic rings. The highest BCUT2D eigenvalue weighted by Gasteiger charge is 1.91. The van der Waals surface area contributed by atoms with Crippen molar-refractivity contribution >= 4 is 0 Å². The number of hydrogen-bond donors (Lipinski definition) is 1. The zero-order valence-electron chi connectivity index (χ0n) is 7.83. The van der Waals surface area contributed by atoms with Gasteiger partial charge in [-0.15, -0.1) is 0 Å². The topological polar surface area (TPSA) is 20.2 Å². The van der Waals surface area contributed by atoms with Gasteiger partial charge in [-0.25, -0.2) is 0 Å². The van der Waals surface area contributed by atoms with Gasteiger partial charge >= 0.3 is 0 Å². The molecular formula is C12H14O. The molecule has 0 spiro atoms. The molecule has 1 rings (SSSR count). The van der Waals surface area contributed by atoms with Gasteiger partial charge in [-0.1, -0.05) is 49.1 Å². The first kappa shape index (κ1) is 9.83. The van der Waals surface area contributed by atoms with Crippen molar-refractivity contribution in [2.45, 2.75) is 25.9 Å². The summed E-state index contributed by atoms with van der Waals surface area (Å²) < 4.78 is 0. The van der Waals surface area contributed by atoms with Gasteiger partial charge in [-0.2, -0.15) is 0 Å². The van der Waals surface area contributed by atoms with Crippen LogP contribution in [-0.2, 0) is 6.42 Å². The first-order valence-electron chi connectivity index (χ1n) is 4.53. The van der Waals surface area contributed by atoms with Gasteiger partial charge in [-0.3, -0.25) is 0 Å². The second-order valence-electron chi connectivity index (χ2n) is 2.91. The minimum absolute atomic E-state index is 0.469. The maximum absolute atomic E-state index is 9.16. The molecule has 13 heavy (non-hydrogen) atoms. The molecule has 1 heteroatoms. The van der Waals surface area contributed by atoms with Crippen LogP contribution in [0.4, 0.5) is 0 Å². The Balaban J connectivity index is 2.46.